The Kier molecular flexibility index (Phi) is 3.56. The summed E-state index contributed by atoms with van der Waals surface area (Å²) in [6.45, 7) is 17.1. The Morgan fingerprint density at radius 1 is 1.09 bits per heavy atom. The van der Waals surface area contributed by atoms with Crippen LogP contribution in [0.5, 0.6) is 0 Å². The second-order valence-corrected chi connectivity index (χ2v) is 5.00. The number of nitrogens with one attached hydrogen (secondary N) is 1. The summed E-state index contributed by atoms with van der Waals surface area (Å²) < 4.78 is 0. The summed E-state index contributed by atoms with van der Waals surface area (Å²) in [5.74, 6) is 0. The molecule has 0 fully saturated rings. The zero-order chi connectivity index (χ0) is 9.12. The smallest absolute Gasteiger partial charge is 0.0130 e. The zero-order valence-electron chi connectivity index (χ0n) is 8.49. The normalized spacial score (nSPS) is 13.6. The second-order valence-electron chi connectivity index (χ2n) is 5.00. The van der Waals surface area contributed by atoms with Gasteiger partial charge in [-0.2, -0.15) is 0 Å². The lowest BCUT2D eigenvalue weighted by Crippen LogP contribution is -2.42. The monoisotopic (exact) mass is 155 g/mol. The lowest BCUT2D eigenvalue weighted by atomic mass is 9.82. The molecule has 1 N–H and O–H groups in total. The van der Waals surface area contributed by atoms with E-state index in [9.17, 15) is 0 Å². The molecule has 0 amide bonds. The topological polar surface area (TPSA) is 12.0 Å². The molecule has 0 rings (SSSR count). The molecular weight excluding hydrogens is 134 g/mol. The fourth-order valence-corrected chi connectivity index (χ4v) is 1.66. The van der Waals surface area contributed by atoms with E-state index in [1.165, 1.54) is 0 Å². The molecule has 66 valence electrons. The highest BCUT2D eigenvalue weighted by Gasteiger charge is 2.23. The lowest BCUT2D eigenvalue weighted by Gasteiger charge is -2.33. The summed E-state index contributed by atoms with van der Waals surface area (Å²) in [5.41, 5.74) is 0.526. The van der Waals surface area contributed by atoms with Crippen LogP contribution in [-0.2, 0) is 0 Å². The van der Waals surface area contributed by atoms with Crippen LogP contribution in [0.15, 0.2) is 0 Å². The second kappa shape index (κ2) is 3.57. The van der Waals surface area contributed by atoms with E-state index in [-0.39, 0.29) is 5.54 Å². The number of rotatable bonds is 3. The molecule has 0 saturated carbocycles. The van der Waals surface area contributed by atoms with Crippen LogP contribution in [0.2, 0.25) is 0 Å². The van der Waals surface area contributed by atoms with Crippen LogP contribution in [0.25, 0.3) is 0 Å². The number of hydrogen-bond acceptors (Lipinski definition) is 1. The minimum absolute atomic E-state index is 0.160. The zero-order valence-corrected chi connectivity index (χ0v) is 8.49. The van der Waals surface area contributed by atoms with Crippen LogP contribution in [-0.4, -0.2) is 12.1 Å². The Balaban J connectivity index is 3.91. The molecule has 2 radical (unpaired) electrons. The minimum atomic E-state index is 0.160. The molecule has 0 atom stereocenters. The van der Waals surface area contributed by atoms with Crippen molar-refractivity contribution in [2.75, 3.05) is 6.54 Å². The third-order valence-electron chi connectivity index (χ3n) is 1.55. The maximum absolute atomic E-state index is 5.42. The molecule has 1 nitrogen and oxygen atoms in total. The van der Waals surface area contributed by atoms with E-state index in [0.717, 1.165) is 6.42 Å². The van der Waals surface area contributed by atoms with Crippen molar-refractivity contribution in [3.05, 3.63) is 6.92 Å². The third-order valence-corrected chi connectivity index (χ3v) is 1.55. The molecule has 0 aromatic carbocycles. The SMILES string of the molecule is [CH]CNC(C)(C)CC(C)(C)C. The first kappa shape index (κ1) is 11.0. The van der Waals surface area contributed by atoms with Crippen LogP contribution in [0.3, 0.4) is 0 Å². The van der Waals surface area contributed by atoms with Gasteiger partial charge in [0.25, 0.3) is 0 Å². The van der Waals surface area contributed by atoms with Gasteiger partial charge in [-0.25, -0.2) is 0 Å². The van der Waals surface area contributed by atoms with Crippen molar-refractivity contribution in [3.8, 4) is 0 Å². The van der Waals surface area contributed by atoms with Gasteiger partial charge in [-0.15, -0.1) is 0 Å². The highest BCUT2D eigenvalue weighted by atomic mass is 14.9. The van der Waals surface area contributed by atoms with Crippen molar-refractivity contribution >= 4 is 0 Å². The van der Waals surface area contributed by atoms with E-state index in [1.54, 1.807) is 0 Å². The Morgan fingerprint density at radius 3 is 1.82 bits per heavy atom. The fraction of sp³-hybridized carbons (Fsp3) is 0.900. The third kappa shape index (κ3) is 6.36. The van der Waals surface area contributed by atoms with Crippen molar-refractivity contribution in [2.45, 2.75) is 46.6 Å². The van der Waals surface area contributed by atoms with Crippen molar-refractivity contribution < 1.29 is 0 Å². The molecule has 0 saturated heterocycles. The molecule has 0 aliphatic carbocycles. The minimum Gasteiger partial charge on any atom is -0.311 e. The van der Waals surface area contributed by atoms with Gasteiger partial charge in [-0.05, 0) is 39.2 Å². The molecule has 0 unspecified atom stereocenters. The fourth-order valence-electron chi connectivity index (χ4n) is 1.66. The van der Waals surface area contributed by atoms with Gasteiger partial charge in [0.05, 0.1) is 0 Å². The summed E-state index contributed by atoms with van der Waals surface area (Å²) in [5, 5.41) is 3.26. The molecular formula is C10H21N. The van der Waals surface area contributed by atoms with Crippen LogP contribution in [0.1, 0.15) is 41.0 Å². The predicted molar refractivity (Wildman–Crippen MR) is 50.5 cm³/mol. The van der Waals surface area contributed by atoms with Crippen LogP contribution < -0.4 is 5.32 Å². The van der Waals surface area contributed by atoms with Crippen LogP contribution in [0.4, 0.5) is 0 Å². The lowest BCUT2D eigenvalue weighted by molar-refractivity contribution is 0.248. The van der Waals surface area contributed by atoms with Crippen LogP contribution in [0, 0.1) is 12.3 Å². The quantitative estimate of drug-likeness (QED) is 0.660. The molecule has 0 bridgehead atoms. The molecule has 0 aromatic rings. The highest BCUT2D eigenvalue weighted by molar-refractivity contribution is 4.83. The van der Waals surface area contributed by atoms with Crippen LogP contribution >= 0.6 is 0 Å². The van der Waals surface area contributed by atoms with Gasteiger partial charge in [0.2, 0.25) is 0 Å². The predicted octanol–water partition coefficient (Wildman–Crippen LogP) is 2.50. The van der Waals surface area contributed by atoms with Gasteiger partial charge in [0, 0.05) is 5.54 Å². The maximum atomic E-state index is 5.42. The number of hydrogen-bond donors (Lipinski definition) is 1. The molecule has 0 aliphatic rings. The molecule has 0 spiro atoms. The van der Waals surface area contributed by atoms with Gasteiger partial charge in [-0.3, -0.25) is 0 Å². The Bertz CT molecular complexity index is 109. The van der Waals surface area contributed by atoms with E-state index in [4.69, 9.17) is 6.92 Å². The average molecular weight is 155 g/mol. The maximum Gasteiger partial charge on any atom is 0.0130 e. The van der Waals surface area contributed by atoms with Gasteiger partial charge in [-0.1, -0.05) is 20.8 Å². The first-order chi connectivity index (χ1) is 4.77. The largest absolute Gasteiger partial charge is 0.311 e. The summed E-state index contributed by atoms with van der Waals surface area (Å²) in [6.07, 6.45) is 1.14. The van der Waals surface area contributed by atoms with Crippen molar-refractivity contribution in [1.29, 1.82) is 0 Å². The van der Waals surface area contributed by atoms with E-state index in [1.807, 2.05) is 0 Å². The summed E-state index contributed by atoms with van der Waals surface area (Å²) >= 11 is 0. The van der Waals surface area contributed by atoms with Crippen molar-refractivity contribution in [3.63, 3.8) is 0 Å². The van der Waals surface area contributed by atoms with Gasteiger partial charge >= 0.3 is 0 Å². The van der Waals surface area contributed by atoms with Gasteiger partial charge < -0.3 is 5.32 Å². The van der Waals surface area contributed by atoms with E-state index < -0.39 is 0 Å². The Hall–Kier alpha value is -0.0400. The molecule has 0 heterocycles. The standard InChI is InChI=1S/C10H21N/c1-7-11-10(5,6)8-9(2,3)4/h1,11H,7-8H2,2-6H3. The summed E-state index contributed by atoms with van der Waals surface area (Å²) in [7, 11) is 0. The first-order valence-corrected chi connectivity index (χ1v) is 4.22. The average Bonchev–Trinajstić information content (AvgIpc) is 1.55. The molecule has 1 heteroatoms. The first-order valence-electron chi connectivity index (χ1n) is 4.22. The van der Waals surface area contributed by atoms with Gasteiger partial charge in [0.1, 0.15) is 0 Å². The van der Waals surface area contributed by atoms with E-state index in [0.29, 0.717) is 12.0 Å². The Labute approximate surface area is 71.6 Å². The van der Waals surface area contributed by atoms with E-state index >= 15 is 0 Å². The Morgan fingerprint density at radius 2 is 1.55 bits per heavy atom. The molecule has 0 aliphatic heterocycles. The molecule has 0 aromatic heterocycles. The summed E-state index contributed by atoms with van der Waals surface area (Å²) in [6, 6.07) is 0. The van der Waals surface area contributed by atoms with Crippen molar-refractivity contribution in [2.24, 2.45) is 5.41 Å². The van der Waals surface area contributed by atoms with Gasteiger partial charge in [0.15, 0.2) is 0 Å². The van der Waals surface area contributed by atoms with E-state index in [2.05, 4.69) is 39.9 Å². The van der Waals surface area contributed by atoms with Crippen molar-refractivity contribution in [1.82, 2.24) is 5.32 Å². The summed E-state index contributed by atoms with van der Waals surface area (Å²) in [4.78, 5) is 0. The molecule has 11 heavy (non-hydrogen) atoms. The highest BCUT2D eigenvalue weighted by Crippen LogP contribution is 2.26.